The van der Waals surface area contributed by atoms with Crippen molar-refractivity contribution in [3.8, 4) is 22.8 Å². The van der Waals surface area contributed by atoms with Gasteiger partial charge in [-0.1, -0.05) is 0 Å². The van der Waals surface area contributed by atoms with Crippen LogP contribution < -0.4 is 10.1 Å². The fourth-order valence-electron chi connectivity index (χ4n) is 4.26. The van der Waals surface area contributed by atoms with Gasteiger partial charge in [-0.3, -0.25) is 9.78 Å². The number of fused-ring (bicyclic) bond motifs is 3. The van der Waals surface area contributed by atoms with Crippen molar-refractivity contribution in [3.05, 3.63) is 66.0 Å². The molecule has 6 rings (SSSR count). The summed E-state index contributed by atoms with van der Waals surface area (Å²) in [5.74, 6) is 0.320. The van der Waals surface area contributed by atoms with E-state index in [1.165, 1.54) is 12.3 Å². The second-order valence-corrected chi connectivity index (χ2v) is 8.84. The molecule has 0 spiro atoms. The van der Waals surface area contributed by atoms with E-state index in [1.54, 1.807) is 24.9 Å². The number of pyridine rings is 1. The number of amides is 1. The van der Waals surface area contributed by atoms with Gasteiger partial charge < -0.3 is 19.2 Å². The Morgan fingerprint density at radius 3 is 2.91 bits per heavy atom. The molecule has 1 aromatic carbocycles. The third-order valence-corrected chi connectivity index (χ3v) is 6.31. The van der Waals surface area contributed by atoms with E-state index < -0.39 is 11.7 Å². The first-order chi connectivity index (χ1) is 16.5. The van der Waals surface area contributed by atoms with Gasteiger partial charge in [0.05, 0.1) is 41.1 Å². The van der Waals surface area contributed by atoms with E-state index in [1.807, 2.05) is 29.2 Å². The van der Waals surface area contributed by atoms with Gasteiger partial charge in [0.2, 0.25) is 0 Å². The lowest BCUT2D eigenvalue weighted by atomic mass is 10.1. The smallest absolute Gasteiger partial charge is 0.258 e. The molecule has 1 fully saturated rings. The van der Waals surface area contributed by atoms with E-state index >= 15 is 0 Å². The first kappa shape index (κ1) is 20.5. The van der Waals surface area contributed by atoms with Crippen LogP contribution in [0.1, 0.15) is 53.3 Å². The zero-order valence-corrected chi connectivity index (χ0v) is 18.7. The highest BCUT2D eigenvalue weighted by atomic mass is 19.1. The van der Waals surface area contributed by atoms with Gasteiger partial charge in [-0.15, -0.1) is 10.2 Å². The van der Waals surface area contributed by atoms with Crippen molar-refractivity contribution in [2.45, 2.75) is 38.6 Å². The van der Waals surface area contributed by atoms with Crippen molar-refractivity contribution in [3.63, 3.8) is 0 Å². The Morgan fingerprint density at radius 1 is 1.24 bits per heavy atom. The topological polar surface area (TPSA) is 99.7 Å². The SMILES string of the molecule is Cc1cc(F)c(C(=O)Nc2cncc3c2OC[C@H](C)n2cnnc2-3)cc1-n1cnc(C2CC2)c1. The molecule has 3 aromatic heterocycles. The molecule has 1 aliphatic heterocycles. The first-order valence-corrected chi connectivity index (χ1v) is 11.2. The Bertz CT molecular complexity index is 1420. The maximum absolute atomic E-state index is 14.9. The van der Waals surface area contributed by atoms with Crippen molar-refractivity contribution in [2.75, 3.05) is 11.9 Å². The summed E-state index contributed by atoms with van der Waals surface area (Å²) in [5.41, 5.74) is 3.30. The van der Waals surface area contributed by atoms with Gasteiger partial charge in [0.25, 0.3) is 5.91 Å². The molecule has 1 atom stereocenters. The van der Waals surface area contributed by atoms with Crippen LogP contribution >= 0.6 is 0 Å². The number of hydrogen-bond acceptors (Lipinski definition) is 6. The summed E-state index contributed by atoms with van der Waals surface area (Å²) in [6.07, 6.45) is 10.7. The Hall–Kier alpha value is -4.08. The third-order valence-electron chi connectivity index (χ3n) is 6.31. The monoisotopic (exact) mass is 459 g/mol. The van der Waals surface area contributed by atoms with Crippen LogP contribution in [-0.4, -0.2) is 41.8 Å². The zero-order valence-electron chi connectivity index (χ0n) is 18.7. The summed E-state index contributed by atoms with van der Waals surface area (Å²) in [5, 5.41) is 11.0. The standard InChI is InChI=1S/C24H22FN7O2/c1-13-5-18(25)16(6-21(13)31-9-20(27-11-31)15-3-4-15)24(33)29-19-8-26-7-17-22(19)34-10-14(2)32-12-28-30-23(17)32/h5-9,11-12,14-15H,3-4,10H2,1-2H3,(H,29,33)/t14-/m0/s1. The number of nitrogens with zero attached hydrogens (tertiary/aromatic N) is 6. The van der Waals surface area contributed by atoms with Gasteiger partial charge >= 0.3 is 0 Å². The average Bonchev–Trinajstić information content (AvgIpc) is 3.38. The number of aromatic nitrogens is 6. The molecule has 4 heterocycles. The lowest BCUT2D eigenvalue weighted by molar-refractivity contribution is 0.102. The van der Waals surface area contributed by atoms with Gasteiger partial charge in [0, 0.05) is 18.3 Å². The van der Waals surface area contributed by atoms with Crippen LogP contribution in [0, 0.1) is 12.7 Å². The van der Waals surface area contributed by atoms with Gasteiger partial charge in [-0.2, -0.15) is 0 Å². The molecule has 2 aliphatic rings. The number of hydrogen-bond donors (Lipinski definition) is 1. The maximum atomic E-state index is 14.9. The van der Waals surface area contributed by atoms with Crippen molar-refractivity contribution < 1.29 is 13.9 Å². The van der Waals surface area contributed by atoms with Crippen LogP contribution in [0.25, 0.3) is 17.1 Å². The molecule has 34 heavy (non-hydrogen) atoms. The van der Waals surface area contributed by atoms with Crippen LogP contribution in [-0.2, 0) is 0 Å². The number of nitrogens with one attached hydrogen (secondary N) is 1. The normalized spacial score (nSPS) is 16.9. The lowest BCUT2D eigenvalue weighted by Crippen LogP contribution is -2.16. The van der Waals surface area contributed by atoms with Crippen molar-refractivity contribution in [1.29, 1.82) is 0 Å². The van der Waals surface area contributed by atoms with E-state index in [-0.39, 0.29) is 11.6 Å². The fourth-order valence-corrected chi connectivity index (χ4v) is 4.26. The van der Waals surface area contributed by atoms with Gasteiger partial charge in [0.1, 0.15) is 24.4 Å². The number of imidazole rings is 1. The van der Waals surface area contributed by atoms with E-state index in [9.17, 15) is 9.18 Å². The quantitative estimate of drug-likeness (QED) is 0.494. The molecule has 9 nitrogen and oxygen atoms in total. The average molecular weight is 459 g/mol. The number of ether oxygens (including phenoxy) is 1. The molecule has 1 amide bonds. The molecule has 0 radical (unpaired) electrons. The number of carbonyl (C=O) groups is 1. The molecule has 1 N–H and O–H groups in total. The summed E-state index contributed by atoms with van der Waals surface area (Å²) < 4.78 is 24.6. The van der Waals surface area contributed by atoms with E-state index in [0.29, 0.717) is 46.6 Å². The van der Waals surface area contributed by atoms with Gasteiger partial charge in [-0.05, 0) is 44.4 Å². The summed E-state index contributed by atoms with van der Waals surface area (Å²) in [6, 6.07) is 2.91. The Morgan fingerprint density at radius 2 is 2.09 bits per heavy atom. The van der Waals surface area contributed by atoms with Crippen LogP contribution in [0.2, 0.25) is 0 Å². The highest BCUT2D eigenvalue weighted by Gasteiger charge is 2.27. The van der Waals surface area contributed by atoms with Crippen molar-refractivity contribution in [2.24, 2.45) is 0 Å². The first-order valence-electron chi connectivity index (χ1n) is 11.2. The Labute approximate surface area is 194 Å². The maximum Gasteiger partial charge on any atom is 0.258 e. The predicted octanol–water partition coefficient (Wildman–Crippen LogP) is 4.06. The molecular weight excluding hydrogens is 437 g/mol. The fraction of sp³-hybridized carbons (Fsp3) is 0.292. The van der Waals surface area contributed by atoms with Crippen molar-refractivity contribution >= 4 is 11.6 Å². The molecule has 0 unspecified atom stereocenters. The number of anilines is 1. The minimum atomic E-state index is -0.606. The molecular formula is C24H22FN7O2. The van der Waals surface area contributed by atoms with Gasteiger partial charge in [0.15, 0.2) is 11.6 Å². The van der Waals surface area contributed by atoms with E-state index in [2.05, 4.69) is 25.5 Å². The number of halogens is 1. The van der Waals surface area contributed by atoms with Gasteiger partial charge in [-0.25, -0.2) is 9.37 Å². The third kappa shape index (κ3) is 3.42. The molecule has 0 bridgehead atoms. The van der Waals surface area contributed by atoms with E-state index in [0.717, 1.165) is 18.5 Å². The molecule has 172 valence electrons. The second kappa shape index (κ2) is 7.75. The summed E-state index contributed by atoms with van der Waals surface area (Å²) in [4.78, 5) is 21.9. The van der Waals surface area contributed by atoms with Crippen LogP contribution in [0.5, 0.6) is 5.75 Å². The lowest BCUT2D eigenvalue weighted by Gasteiger charge is -2.15. The summed E-state index contributed by atoms with van der Waals surface area (Å²) in [6.45, 7) is 4.15. The highest BCUT2D eigenvalue weighted by Crippen LogP contribution is 2.40. The molecule has 0 saturated heterocycles. The number of benzene rings is 1. The van der Waals surface area contributed by atoms with Crippen molar-refractivity contribution in [1.82, 2.24) is 29.3 Å². The van der Waals surface area contributed by atoms with Crippen LogP contribution in [0.4, 0.5) is 10.1 Å². The number of carbonyl (C=O) groups excluding carboxylic acids is 1. The summed E-state index contributed by atoms with van der Waals surface area (Å²) >= 11 is 0. The molecule has 10 heteroatoms. The number of rotatable bonds is 4. The highest BCUT2D eigenvalue weighted by molar-refractivity contribution is 6.06. The largest absolute Gasteiger partial charge is 0.488 e. The minimum absolute atomic E-state index is 0.00577. The zero-order chi connectivity index (χ0) is 23.4. The predicted molar refractivity (Wildman–Crippen MR) is 122 cm³/mol. The van der Waals surface area contributed by atoms with Crippen LogP contribution in [0.15, 0.2) is 43.4 Å². The summed E-state index contributed by atoms with van der Waals surface area (Å²) in [7, 11) is 0. The number of aryl methyl sites for hydroxylation is 1. The minimum Gasteiger partial charge on any atom is -0.488 e. The Kier molecular flexibility index (Phi) is 4.68. The molecule has 4 aromatic rings. The van der Waals surface area contributed by atoms with E-state index in [4.69, 9.17) is 4.74 Å². The molecule has 1 saturated carbocycles. The Balaban J connectivity index is 1.34. The van der Waals surface area contributed by atoms with Crippen LogP contribution in [0.3, 0.4) is 0 Å². The second-order valence-electron chi connectivity index (χ2n) is 8.84. The molecule has 1 aliphatic carbocycles.